The number of hydrogen-bond acceptors (Lipinski definition) is 3. The average molecular weight is 263 g/mol. The summed E-state index contributed by atoms with van der Waals surface area (Å²) in [4.78, 5) is 15.7. The highest BCUT2D eigenvalue weighted by Gasteiger charge is 2.03. The number of ether oxygens (including phenoxy) is 1. The molecule has 2 aromatic carbocycles. The van der Waals surface area contributed by atoms with Crippen LogP contribution in [0, 0.1) is 0 Å². The Hall–Kier alpha value is -2.68. The van der Waals surface area contributed by atoms with Gasteiger partial charge in [-0.25, -0.2) is 0 Å². The van der Waals surface area contributed by atoms with Gasteiger partial charge in [-0.1, -0.05) is 18.2 Å². The third-order valence-corrected chi connectivity index (χ3v) is 3.05. The van der Waals surface area contributed by atoms with Crippen molar-refractivity contribution in [3.05, 3.63) is 66.4 Å². The zero-order chi connectivity index (χ0) is 13.9. The van der Waals surface area contributed by atoms with Crippen LogP contribution in [0.2, 0.25) is 0 Å². The first-order valence-corrected chi connectivity index (χ1v) is 6.36. The maximum atomic E-state index is 11.4. The SMILES string of the molecule is CC(=O)c1cccc(Oc2ccc3cccnc3c2)c1. The van der Waals surface area contributed by atoms with Gasteiger partial charge in [-0.3, -0.25) is 9.78 Å². The van der Waals surface area contributed by atoms with Crippen LogP contribution >= 0.6 is 0 Å². The first-order valence-electron chi connectivity index (χ1n) is 6.36. The van der Waals surface area contributed by atoms with Crippen LogP contribution in [0.5, 0.6) is 11.5 Å². The van der Waals surface area contributed by atoms with Crippen molar-refractivity contribution in [3.63, 3.8) is 0 Å². The minimum atomic E-state index is 0.0237. The van der Waals surface area contributed by atoms with Gasteiger partial charge in [0.15, 0.2) is 5.78 Å². The molecule has 0 bridgehead atoms. The molecule has 0 aliphatic rings. The molecule has 0 amide bonds. The second kappa shape index (κ2) is 5.13. The highest BCUT2D eigenvalue weighted by molar-refractivity contribution is 5.94. The van der Waals surface area contributed by atoms with Crippen molar-refractivity contribution in [1.82, 2.24) is 4.98 Å². The van der Waals surface area contributed by atoms with E-state index in [0.29, 0.717) is 17.1 Å². The minimum Gasteiger partial charge on any atom is -0.457 e. The zero-order valence-corrected chi connectivity index (χ0v) is 11.0. The van der Waals surface area contributed by atoms with E-state index in [1.807, 2.05) is 42.5 Å². The lowest BCUT2D eigenvalue weighted by Gasteiger charge is -2.07. The number of carbonyl (C=O) groups is 1. The van der Waals surface area contributed by atoms with E-state index in [9.17, 15) is 4.79 Å². The first-order chi connectivity index (χ1) is 9.72. The Kier molecular flexibility index (Phi) is 3.17. The molecule has 3 heteroatoms. The number of fused-ring (bicyclic) bond motifs is 1. The molecule has 0 fully saturated rings. The predicted molar refractivity (Wildman–Crippen MR) is 78.3 cm³/mol. The highest BCUT2D eigenvalue weighted by Crippen LogP contribution is 2.25. The number of rotatable bonds is 3. The van der Waals surface area contributed by atoms with E-state index >= 15 is 0 Å². The predicted octanol–water partition coefficient (Wildman–Crippen LogP) is 4.23. The summed E-state index contributed by atoms with van der Waals surface area (Å²) >= 11 is 0. The van der Waals surface area contributed by atoms with E-state index in [2.05, 4.69) is 4.98 Å². The van der Waals surface area contributed by atoms with Crippen LogP contribution in [0.25, 0.3) is 10.9 Å². The molecule has 1 aromatic heterocycles. The maximum absolute atomic E-state index is 11.4. The average Bonchev–Trinajstić information content (AvgIpc) is 2.47. The summed E-state index contributed by atoms with van der Waals surface area (Å²) in [6, 6.07) is 16.8. The molecule has 98 valence electrons. The molecular formula is C17H13NO2. The van der Waals surface area contributed by atoms with E-state index in [1.54, 1.807) is 25.3 Å². The lowest BCUT2D eigenvalue weighted by molar-refractivity contribution is 0.101. The molecule has 3 rings (SSSR count). The van der Waals surface area contributed by atoms with Crippen LogP contribution in [0.15, 0.2) is 60.8 Å². The molecule has 0 aliphatic carbocycles. The third-order valence-electron chi connectivity index (χ3n) is 3.05. The fourth-order valence-electron chi connectivity index (χ4n) is 2.02. The van der Waals surface area contributed by atoms with Crippen molar-refractivity contribution < 1.29 is 9.53 Å². The number of nitrogens with zero attached hydrogens (tertiary/aromatic N) is 1. The summed E-state index contributed by atoms with van der Waals surface area (Å²) < 4.78 is 5.79. The summed E-state index contributed by atoms with van der Waals surface area (Å²) in [6.07, 6.45) is 1.75. The Balaban J connectivity index is 1.92. The van der Waals surface area contributed by atoms with Gasteiger partial charge >= 0.3 is 0 Å². The van der Waals surface area contributed by atoms with Gasteiger partial charge in [0.25, 0.3) is 0 Å². The molecule has 0 unspecified atom stereocenters. The maximum Gasteiger partial charge on any atom is 0.159 e. The van der Waals surface area contributed by atoms with Gasteiger partial charge < -0.3 is 4.74 Å². The minimum absolute atomic E-state index is 0.0237. The Bertz CT molecular complexity index is 781. The van der Waals surface area contributed by atoms with Crippen LogP contribution in [0.3, 0.4) is 0 Å². The van der Waals surface area contributed by atoms with Crippen molar-refractivity contribution >= 4 is 16.7 Å². The number of ketones is 1. The van der Waals surface area contributed by atoms with Crippen molar-refractivity contribution in [2.45, 2.75) is 6.92 Å². The molecule has 0 N–H and O–H groups in total. The van der Waals surface area contributed by atoms with E-state index in [1.165, 1.54) is 0 Å². The van der Waals surface area contributed by atoms with Gasteiger partial charge in [-0.15, -0.1) is 0 Å². The second-order valence-electron chi connectivity index (χ2n) is 4.54. The quantitative estimate of drug-likeness (QED) is 0.664. The monoisotopic (exact) mass is 263 g/mol. The van der Waals surface area contributed by atoms with Crippen LogP contribution in [0.1, 0.15) is 17.3 Å². The number of benzene rings is 2. The van der Waals surface area contributed by atoms with Crippen molar-refractivity contribution in [1.29, 1.82) is 0 Å². The standard InChI is InChI=1S/C17H13NO2/c1-12(19)14-4-2-6-15(10-14)20-16-8-7-13-5-3-9-18-17(13)11-16/h2-11H,1H3. The molecule has 0 spiro atoms. The summed E-state index contributed by atoms with van der Waals surface area (Å²) in [6.45, 7) is 1.54. The molecule has 20 heavy (non-hydrogen) atoms. The van der Waals surface area contributed by atoms with E-state index < -0.39 is 0 Å². The smallest absolute Gasteiger partial charge is 0.159 e. The number of aromatic nitrogens is 1. The topological polar surface area (TPSA) is 39.2 Å². The Morgan fingerprint density at radius 1 is 1.00 bits per heavy atom. The normalized spacial score (nSPS) is 10.4. The summed E-state index contributed by atoms with van der Waals surface area (Å²) in [5, 5.41) is 1.07. The molecule has 0 atom stereocenters. The van der Waals surface area contributed by atoms with Gasteiger partial charge in [-0.05, 0) is 37.3 Å². The van der Waals surface area contributed by atoms with E-state index in [0.717, 1.165) is 10.9 Å². The molecule has 0 aliphatic heterocycles. The number of hydrogen-bond donors (Lipinski definition) is 0. The molecule has 3 nitrogen and oxygen atoms in total. The Labute approximate surface area is 116 Å². The van der Waals surface area contributed by atoms with Gasteiger partial charge in [-0.2, -0.15) is 0 Å². The summed E-state index contributed by atoms with van der Waals surface area (Å²) in [5.41, 5.74) is 1.52. The van der Waals surface area contributed by atoms with Crippen molar-refractivity contribution in [2.75, 3.05) is 0 Å². The lowest BCUT2D eigenvalue weighted by atomic mass is 10.1. The van der Waals surface area contributed by atoms with Crippen LogP contribution in [0.4, 0.5) is 0 Å². The lowest BCUT2D eigenvalue weighted by Crippen LogP contribution is -1.92. The molecule has 1 heterocycles. The van der Waals surface area contributed by atoms with Crippen LogP contribution in [-0.4, -0.2) is 10.8 Å². The van der Waals surface area contributed by atoms with Gasteiger partial charge in [0, 0.05) is 23.2 Å². The van der Waals surface area contributed by atoms with Crippen LogP contribution < -0.4 is 4.74 Å². The Morgan fingerprint density at radius 3 is 2.70 bits per heavy atom. The van der Waals surface area contributed by atoms with Gasteiger partial charge in [0.1, 0.15) is 11.5 Å². The van der Waals surface area contributed by atoms with Crippen molar-refractivity contribution in [2.24, 2.45) is 0 Å². The molecule has 0 saturated heterocycles. The van der Waals surface area contributed by atoms with Crippen LogP contribution in [-0.2, 0) is 0 Å². The largest absolute Gasteiger partial charge is 0.457 e. The summed E-state index contributed by atoms with van der Waals surface area (Å²) in [7, 11) is 0. The zero-order valence-electron chi connectivity index (χ0n) is 11.0. The van der Waals surface area contributed by atoms with Gasteiger partial charge in [0.05, 0.1) is 5.52 Å². The second-order valence-corrected chi connectivity index (χ2v) is 4.54. The number of pyridine rings is 1. The Morgan fingerprint density at radius 2 is 1.85 bits per heavy atom. The summed E-state index contributed by atoms with van der Waals surface area (Å²) in [5.74, 6) is 1.38. The van der Waals surface area contributed by atoms with E-state index in [-0.39, 0.29) is 5.78 Å². The molecule has 0 saturated carbocycles. The molecule has 0 radical (unpaired) electrons. The van der Waals surface area contributed by atoms with E-state index in [4.69, 9.17) is 4.74 Å². The third kappa shape index (κ3) is 2.52. The fourth-order valence-corrected chi connectivity index (χ4v) is 2.02. The van der Waals surface area contributed by atoms with Crippen molar-refractivity contribution in [3.8, 4) is 11.5 Å². The molecular weight excluding hydrogens is 250 g/mol. The highest BCUT2D eigenvalue weighted by atomic mass is 16.5. The molecule has 3 aromatic rings. The first kappa shape index (κ1) is 12.4. The number of Topliss-reactive ketones (excluding diaryl/α,β-unsaturated/α-hetero) is 1. The van der Waals surface area contributed by atoms with Gasteiger partial charge in [0.2, 0.25) is 0 Å². The number of carbonyl (C=O) groups excluding carboxylic acids is 1. The fraction of sp³-hybridized carbons (Fsp3) is 0.0588.